The highest BCUT2D eigenvalue weighted by Gasteiger charge is 2.20. The fraction of sp³-hybridized carbons (Fsp3) is 0.778. The molecule has 3 N–H and O–H groups in total. The second kappa shape index (κ2) is 5.47. The van der Waals surface area contributed by atoms with Crippen LogP contribution >= 0.6 is 0 Å². The Kier molecular flexibility index (Phi) is 4.97. The quantitative estimate of drug-likeness (QED) is 0.694. The van der Waals surface area contributed by atoms with Crippen molar-refractivity contribution in [2.75, 3.05) is 6.54 Å². The zero-order chi connectivity index (χ0) is 11.3. The van der Waals surface area contributed by atoms with E-state index in [0.29, 0.717) is 6.54 Å². The van der Waals surface area contributed by atoms with Crippen LogP contribution in [0.15, 0.2) is 0 Å². The summed E-state index contributed by atoms with van der Waals surface area (Å²) in [6.45, 7) is 6.07. The van der Waals surface area contributed by atoms with Gasteiger partial charge in [-0.05, 0) is 12.8 Å². The van der Waals surface area contributed by atoms with Gasteiger partial charge in [0, 0.05) is 12.6 Å². The molecule has 2 amide bonds. The molecular weight excluding hydrogens is 184 g/mol. The number of carbonyl (C=O) groups is 2. The van der Waals surface area contributed by atoms with Crippen molar-refractivity contribution in [2.45, 2.75) is 33.2 Å². The first kappa shape index (κ1) is 12.7. The number of aliphatic carboxylic acids is 1. The van der Waals surface area contributed by atoms with Crippen molar-refractivity contribution in [3.8, 4) is 0 Å². The Labute approximate surface area is 83.9 Å². The van der Waals surface area contributed by atoms with Gasteiger partial charge in [-0.2, -0.15) is 0 Å². The predicted molar refractivity (Wildman–Crippen MR) is 52.8 cm³/mol. The van der Waals surface area contributed by atoms with Crippen molar-refractivity contribution in [2.24, 2.45) is 11.7 Å². The van der Waals surface area contributed by atoms with Gasteiger partial charge in [0.05, 0.1) is 6.42 Å². The molecule has 0 aromatic carbocycles. The largest absolute Gasteiger partial charge is 0.481 e. The Morgan fingerprint density at radius 1 is 1.36 bits per heavy atom. The summed E-state index contributed by atoms with van der Waals surface area (Å²) in [7, 11) is 0. The number of carbonyl (C=O) groups excluding carboxylic acids is 1. The molecule has 1 unspecified atom stereocenters. The first-order valence-corrected chi connectivity index (χ1v) is 4.62. The zero-order valence-corrected chi connectivity index (χ0v) is 8.86. The third kappa shape index (κ3) is 4.69. The number of carboxylic acid groups (broad SMARTS) is 1. The number of hydrogen-bond donors (Lipinski definition) is 2. The van der Waals surface area contributed by atoms with E-state index in [0.717, 1.165) is 0 Å². The fourth-order valence-corrected chi connectivity index (χ4v) is 1.24. The van der Waals surface area contributed by atoms with Crippen molar-refractivity contribution in [3.63, 3.8) is 0 Å². The number of carboxylic acids is 1. The summed E-state index contributed by atoms with van der Waals surface area (Å²) in [5.74, 6) is -0.647. The number of nitrogens with zero attached hydrogens (tertiary/aromatic N) is 1. The highest BCUT2D eigenvalue weighted by atomic mass is 16.4. The van der Waals surface area contributed by atoms with Gasteiger partial charge in [-0.15, -0.1) is 0 Å². The minimum atomic E-state index is -0.924. The molecule has 0 aromatic rings. The van der Waals surface area contributed by atoms with Crippen molar-refractivity contribution in [1.82, 2.24) is 4.90 Å². The van der Waals surface area contributed by atoms with Crippen LogP contribution in [0.5, 0.6) is 0 Å². The predicted octanol–water partition coefficient (Wildman–Crippen LogP) is 0.886. The van der Waals surface area contributed by atoms with Crippen LogP contribution in [-0.4, -0.2) is 34.6 Å². The van der Waals surface area contributed by atoms with E-state index in [4.69, 9.17) is 10.8 Å². The standard InChI is InChI=1S/C9H18N2O3/c1-6(2)5-11(9(10)14)7(3)4-8(12)13/h6-7H,4-5H2,1-3H3,(H2,10,14)(H,12,13). The van der Waals surface area contributed by atoms with E-state index in [1.165, 1.54) is 4.90 Å². The van der Waals surface area contributed by atoms with E-state index < -0.39 is 12.0 Å². The molecule has 0 bridgehead atoms. The molecule has 5 nitrogen and oxygen atoms in total. The maximum absolute atomic E-state index is 11.0. The van der Waals surface area contributed by atoms with E-state index in [1.54, 1.807) is 6.92 Å². The van der Waals surface area contributed by atoms with Gasteiger partial charge in [-0.1, -0.05) is 13.8 Å². The van der Waals surface area contributed by atoms with Crippen LogP contribution < -0.4 is 5.73 Å². The lowest BCUT2D eigenvalue weighted by Crippen LogP contribution is -2.45. The van der Waals surface area contributed by atoms with Gasteiger partial charge < -0.3 is 15.7 Å². The summed E-state index contributed by atoms with van der Waals surface area (Å²) in [6.07, 6.45) is -0.0737. The SMILES string of the molecule is CC(C)CN(C(N)=O)C(C)CC(=O)O. The smallest absolute Gasteiger partial charge is 0.315 e. The first-order valence-electron chi connectivity index (χ1n) is 4.62. The Balaban J connectivity index is 4.33. The van der Waals surface area contributed by atoms with Crippen LogP contribution in [0.3, 0.4) is 0 Å². The van der Waals surface area contributed by atoms with E-state index in [2.05, 4.69) is 0 Å². The van der Waals surface area contributed by atoms with Crippen LogP contribution in [0, 0.1) is 5.92 Å². The molecule has 0 fully saturated rings. The van der Waals surface area contributed by atoms with Crippen LogP contribution in [0.4, 0.5) is 4.79 Å². The van der Waals surface area contributed by atoms with E-state index >= 15 is 0 Å². The molecule has 1 atom stereocenters. The van der Waals surface area contributed by atoms with Gasteiger partial charge in [0.15, 0.2) is 0 Å². The van der Waals surface area contributed by atoms with Gasteiger partial charge in [0.25, 0.3) is 0 Å². The van der Waals surface area contributed by atoms with Crippen molar-refractivity contribution in [3.05, 3.63) is 0 Å². The normalized spacial score (nSPS) is 12.6. The molecule has 0 aliphatic rings. The molecule has 0 aromatic heterocycles. The highest BCUT2D eigenvalue weighted by molar-refractivity contribution is 5.74. The summed E-state index contributed by atoms with van der Waals surface area (Å²) in [6, 6.07) is -0.917. The van der Waals surface area contributed by atoms with Gasteiger partial charge in [-0.25, -0.2) is 4.79 Å². The summed E-state index contributed by atoms with van der Waals surface area (Å²) < 4.78 is 0. The lowest BCUT2D eigenvalue weighted by Gasteiger charge is -2.28. The van der Waals surface area contributed by atoms with E-state index in [-0.39, 0.29) is 18.4 Å². The maximum Gasteiger partial charge on any atom is 0.315 e. The second-order valence-electron chi connectivity index (χ2n) is 3.83. The molecule has 0 aliphatic heterocycles. The average Bonchev–Trinajstić information content (AvgIpc) is 1.97. The van der Waals surface area contributed by atoms with Crippen LogP contribution in [-0.2, 0) is 4.79 Å². The number of urea groups is 1. The molecule has 0 saturated carbocycles. The Morgan fingerprint density at radius 3 is 2.14 bits per heavy atom. The maximum atomic E-state index is 11.0. The molecule has 14 heavy (non-hydrogen) atoms. The van der Waals surface area contributed by atoms with Crippen molar-refractivity contribution >= 4 is 12.0 Å². The first-order chi connectivity index (χ1) is 6.34. The monoisotopic (exact) mass is 202 g/mol. The Morgan fingerprint density at radius 2 is 1.86 bits per heavy atom. The summed E-state index contributed by atoms with van der Waals surface area (Å²) in [5, 5.41) is 8.57. The number of primary amides is 1. The van der Waals surface area contributed by atoms with Gasteiger partial charge >= 0.3 is 12.0 Å². The Bertz CT molecular complexity index is 216. The summed E-state index contributed by atoms with van der Waals surface area (Å²) in [5.41, 5.74) is 5.16. The van der Waals surface area contributed by atoms with E-state index in [9.17, 15) is 9.59 Å². The molecule has 0 radical (unpaired) electrons. The number of nitrogens with two attached hydrogens (primary N) is 1. The number of rotatable bonds is 5. The van der Waals surface area contributed by atoms with Gasteiger partial charge in [-0.3, -0.25) is 4.79 Å². The van der Waals surface area contributed by atoms with Gasteiger partial charge in [0.1, 0.15) is 0 Å². The molecule has 0 saturated heterocycles. The average molecular weight is 202 g/mol. The molecule has 0 spiro atoms. The third-order valence-electron chi connectivity index (χ3n) is 1.85. The topological polar surface area (TPSA) is 83.6 Å². The van der Waals surface area contributed by atoms with Crippen molar-refractivity contribution in [1.29, 1.82) is 0 Å². The lowest BCUT2D eigenvalue weighted by molar-refractivity contribution is -0.138. The minimum absolute atomic E-state index is 0.0737. The molecule has 5 heteroatoms. The van der Waals surface area contributed by atoms with Crippen LogP contribution in [0.25, 0.3) is 0 Å². The lowest BCUT2D eigenvalue weighted by atomic mass is 10.1. The molecule has 82 valence electrons. The fourth-order valence-electron chi connectivity index (χ4n) is 1.24. The second-order valence-corrected chi connectivity index (χ2v) is 3.83. The number of amides is 2. The van der Waals surface area contributed by atoms with Gasteiger partial charge in [0.2, 0.25) is 0 Å². The highest BCUT2D eigenvalue weighted by Crippen LogP contribution is 2.07. The molecule has 0 heterocycles. The molecule has 0 rings (SSSR count). The Hall–Kier alpha value is -1.26. The van der Waals surface area contributed by atoms with Crippen molar-refractivity contribution < 1.29 is 14.7 Å². The minimum Gasteiger partial charge on any atom is -0.481 e. The summed E-state index contributed by atoms with van der Waals surface area (Å²) in [4.78, 5) is 22.8. The van der Waals surface area contributed by atoms with Crippen LogP contribution in [0.2, 0.25) is 0 Å². The van der Waals surface area contributed by atoms with Crippen LogP contribution in [0.1, 0.15) is 27.2 Å². The third-order valence-corrected chi connectivity index (χ3v) is 1.85. The number of hydrogen-bond acceptors (Lipinski definition) is 2. The molecular formula is C9H18N2O3. The van der Waals surface area contributed by atoms with E-state index in [1.807, 2.05) is 13.8 Å². The summed E-state index contributed by atoms with van der Waals surface area (Å²) >= 11 is 0. The molecule has 0 aliphatic carbocycles. The zero-order valence-electron chi connectivity index (χ0n) is 8.86.